The summed E-state index contributed by atoms with van der Waals surface area (Å²) in [7, 11) is 0. The van der Waals surface area contributed by atoms with Gasteiger partial charge in [0.1, 0.15) is 0 Å². The normalized spacial score (nSPS) is 13.9. The molecule has 0 saturated carbocycles. The molecule has 142 valence electrons. The highest BCUT2D eigenvalue weighted by Gasteiger charge is 2.10. The number of nitrogens with zero attached hydrogens (tertiary/aromatic N) is 1. The molecular formula is C22H27N3O2. The van der Waals surface area contributed by atoms with Crippen LogP contribution in [0, 0.1) is 0 Å². The third kappa shape index (κ3) is 5.58. The lowest BCUT2D eigenvalue weighted by Crippen LogP contribution is -2.29. The molecule has 5 heteroatoms. The summed E-state index contributed by atoms with van der Waals surface area (Å²) in [5.41, 5.74) is 3.64. The molecule has 2 aromatic carbocycles. The highest BCUT2D eigenvalue weighted by molar-refractivity contribution is 5.95. The average molecular weight is 365 g/mol. The fourth-order valence-electron chi connectivity index (χ4n) is 3.27. The van der Waals surface area contributed by atoms with Crippen LogP contribution in [0.1, 0.15) is 43.0 Å². The van der Waals surface area contributed by atoms with E-state index in [-0.39, 0.29) is 11.7 Å². The van der Waals surface area contributed by atoms with E-state index in [9.17, 15) is 9.59 Å². The minimum Gasteiger partial charge on any atom is -0.385 e. The zero-order chi connectivity index (χ0) is 19.1. The molecule has 27 heavy (non-hydrogen) atoms. The molecular weight excluding hydrogens is 338 g/mol. The Balaban J connectivity index is 1.42. The standard InChI is InChI=1S/C22H27N3O2/c1-17(26)18-5-7-20(8-6-18)24-22(27)13-14-23-19-9-11-21(12-10-19)25-15-3-2-4-16-25/h5-12,23H,2-4,13-16H2,1H3,(H,24,27). The summed E-state index contributed by atoms with van der Waals surface area (Å²) in [5, 5.41) is 6.14. The van der Waals surface area contributed by atoms with Crippen LogP contribution in [0.5, 0.6) is 0 Å². The summed E-state index contributed by atoms with van der Waals surface area (Å²) >= 11 is 0. The van der Waals surface area contributed by atoms with Crippen molar-refractivity contribution in [2.45, 2.75) is 32.6 Å². The highest BCUT2D eigenvalue weighted by atomic mass is 16.1. The lowest BCUT2D eigenvalue weighted by molar-refractivity contribution is -0.115. The number of piperidine rings is 1. The van der Waals surface area contributed by atoms with Crippen LogP contribution in [0.3, 0.4) is 0 Å². The number of Topliss-reactive ketones (excluding diaryl/α,β-unsaturated/α-hetero) is 1. The molecule has 1 fully saturated rings. The van der Waals surface area contributed by atoms with Crippen LogP contribution < -0.4 is 15.5 Å². The van der Waals surface area contributed by atoms with Gasteiger partial charge < -0.3 is 15.5 Å². The molecule has 0 atom stereocenters. The third-order valence-corrected chi connectivity index (χ3v) is 4.84. The van der Waals surface area contributed by atoms with Crippen LogP contribution in [-0.2, 0) is 4.79 Å². The zero-order valence-electron chi connectivity index (χ0n) is 15.8. The summed E-state index contributed by atoms with van der Waals surface area (Å²) in [4.78, 5) is 25.8. The smallest absolute Gasteiger partial charge is 0.226 e. The van der Waals surface area contributed by atoms with E-state index in [0.717, 1.165) is 18.8 Å². The lowest BCUT2D eigenvalue weighted by Gasteiger charge is -2.28. The van der Waals surface area contributed by atoms with Crippen molar-refractivity contribution in [3.05, 3.63) is 54.1 Å². The summed E-state index contributed by atoms with van der Waals surface area (Å²) in [5.74, 6) is -0.0357. The van der Waals surface area contributed by atoms with Crippen molar-refractivity contribution in [1.29, 1.82) is 0 Å². The van der Waals surface area contributed by atoms with E-state index in [1.807, 2.05) is 0 Å². The molecule has 0 aliphatic carbocycles. The van der Waals surface area contributed by atoms with Crippen molar-refractivity contribution in [2.24, 2.45) is 0 Å². The van der Waals surface area contributed by atoms with Crippen molar-refractivity contribution < 1.29 is 9.59 Å². The first-order chi connectivity index (χ1) is 13.1. The molecule has 1 heterocycles. The van der Waals surface area contributed by atoms with Gasteiger partial charge in [0.15, 0.2) is 5.78 Å². The van der Waals surface area contributed by atoms with Crippen molar-refractivity contribution in [3.8, 4) is 0 Å². The molecule has 1 amide bonds. The van der Waals surface area contributed by atoms with Gasteiger partial charge >= 0.3 is 0 Å². The van der Waals surface area contributed by atoms with Crippen molar-refractivity contribution in [3.63, 3.8) is 0 Å². The minimum atomic E-state index is -0.0528. The van der Waals surface area contributed by atoms with Crippen LogP contribution in [-0.4, -0.2) is 31.3 Å². The highest BCUT2D eigenvalue weighted by Crippen LogP contribution is 2.21. The first-order valence-electron chi connectivity index (χ1n) is 9.61. The van der Waals surface area contributed by atoms with Gasteiger partial charge in [-0.25, -0.2) is 0 Å². The predicted molar refractivity (Wildman–Crippen MR) is 111 cm³/mol. The van der Waals surface area contributed by atoms with E-state index in [2.05, 4.69) is 39.8 Å². The van der Waals surface area contributed by atoms with E-state index in [1.54, 1.807) is 24.3 Å². The van der Waals surface area contributed by atoms with Gasteiger partial charge in [-0.1, -0.05) is 0 Å². The van der Waals surface area contributed by atoms with Gasteiger partial charge in [0, 0.05) is 48.7 Å². The molecule has 0 aromatic heterocycles. The number of ketones is 1. The van der Waals surface area contributed by atoms with Crippen LogP contribution in [0.2, 0.25) is 0 Å². The van der Waals surface area contributed by atoms with Crippen molar-refractivity contribution in [2.75, 3.05) is 35.2 Å². The Morgan fingerprint density at radius 1 is 0.889 bits per heavy atom. The number of anilines is 3. The van der Waals surface area contributed by atoms with Gasteiger partial charge in [-0.2, -0.15) is 0 Å². The Kier molecular flexibility index (Phi) is 6.47. The maximum absolute atomic E-state index is 12.1. The molecule has 2 N–H and O–H groups in total. The van der Waals surface area contributed by atoms with Gasteiger partial charge in [-0.15, -0.1) is 0 Å². The lowest BCUT2D eigenvalue weighted by atomic mass is 10.1. The quantitative estimate of drug-likeness (QED) is 0.718. The second-order valence-electron chi connectivity index (χ2n) is 6.95. The summed E-state index contributed by atoms with van der Waals surface area (Å²) in [6.07, 6.45) is 4.25. The first-order valence-corrected chi connectivity index (χ1v) is 9.61. The first kappa shape index (κ1) is 19.0. The molecule has 0 spiro atoms. The Morgan fingerprint density at radius 2 is 1.52 bits per heavy atom. The SMILES string of the molecule is CC(=O)c1ccc(NC(=O)CCNc2ccc(N3CCCCC3)cc2)cc1. The molecule has 3 rings (SSSR count). The van der Waals surface area contributed by atoms with Crippen LogP contribution in [0.25, 0.3) is 0 Å². The zero-order valence-corrected chi connectivity index (χ0v) is 15.8. The van der Waals surface area contributed by atoms with Crippen LogP contribution in [0.15, 0.2) is 48.5 Å². The number of carbonyl (C=O) groups excluding carboxylic acids is 2. The molecule has 1 aliphatic heterocycles. The molecule has 0 unspecified atom stereocenters. The Morgan fingerprint density at radius 3 is 2.15 bits per heavy atom. The largest absolute Gasteiger partial charge is 0.385 e. The topological polar surface area (TPSA) is 61.4 Å². The molecule has 1 aliphatic rings. The molecule has 0 bridgehead atoms. The van der Waals surface area contributed by atoms with Gasteiger partial charge in [0.05, 0.1) is 0 Å². The average Bonchev–Trinajstić information content (AvgIpc) is 2.69. The maximum Gasteiger partial charge on any atom is 0.226 e. The van der Waals surface area contributed by atoms with Crippen LogP contribution in [0.4, 0.5) is 17.1 Å². The minimum absolute atomic E-state index is 0.0170. The molecule has 2 aromatic rings. The van der Waals surface area contributed by atoms with E-state index < -0.39 is 0 Å². The number of rotatable bonds is 7. The van der Waals surface area contributed by atoms with E-state index >= 15 is 0 Å². The van der Waals surface area contributed by atoms with Gasteiger partial charge in [0.25, 0.3) is 0 Å². The maximum atomic E-state index is 12.1. The number of carbonyl (C=O) groups is 2. The summed E-state index contributed by atoms with van der Waals surface area (Å²) in [6, 6.07) is 15.4. The predicted octanol–water partition coefficient (Wildman–Crippen LogP) is 4.32. The van der Waals surface area contributed by atoms with Gasteiger partial charge in [0.2, 0.25) is 5.91 Å². The van der Waals surface area contributed by atoms with E-state index in [4.69, 9.17) is 0 Å². The third-order valence-electron chi connectivity index (χ3n) is 4.84. The monoisotopic (exact) mass is 365 g/mol. The Hall–Kier alpha value is -2.82. The number of benzene rings is 2. The summed E-state index contributed by atoms with van der Waals surface area (Å²) in [6.45, 7) is 4.37. The van der Waals surface area contributed by atoms with Crippen molar-refractivity contribution in [1.82, 2.24) is 0 Å². The fraction of sp³-hybridized carbons (Fsp3) is 0.364. The van der Waals surface area contributed by atoms with Crippen molar-refractivity contribution >= 4 is 28.8 Å². The van der Waals surface area contributed by atoms with Gasteiger partial charge in [-0.05, 0) is 74.7 Å². The second kappa shape index (κ2) is 9.21. The number of nitrogens with one attached hydrogen (secondary N) is 2. The fourth-order valence-corrected chi connectivity index (χ4v) is 3.27. The number of hydrogen-bond acceptors (Lipinski definition) is 4. The Labute approximate surface area is 160 Å². The van der Waals surface area contributed by atoms with E-state index in [1.165, 1.54) is 31.9 Å². The molecule has 1 saturated heterocycles. The molecule has 5 nitrogen and oxygen atoms in total. The number of hydrogen-bond donors (Lipinski definition) is 2. The van der Waals surface area contributed by atoms with Gasteiger partial charge in [-0.3, -0.25) is 9.59 Å². The second-order valence-corrected chi connectivity index (χ2v) is 6.95. The number of amides is 1. The van der Waals surface area contributed by atoms with Crippen LogP contribution >= 0.6 is 0 Å². The van der Waals surface area contributed by atoms with E-state index in [0.29, 0.717) is 24.2 Å². The summed E-state index contributed by atoms with van der Waals surface area (Å²) < 4.78 is 0. The Bertz CT molecular complexity index is 763. The molecule has 0 radical (unpaired) electrons.